The molecule has 2 aliphatic rings. The van der Waals surface area contributed by atoms with Gasteiger partial charge in [0.15, 0.2) is 0 Å². The summed E-state index contributed by atoms with van der Waals surface area (Å²) < 4.78 is 0. The van der Waals surface area contributed by atoms with Crippen LogP contribution in [0.3, 0.4) is 0 Å². The van der Waals surface area contributed by atoms with Gasteiger partial charge in [0.25, 0.3) is 5.91 Å². The van der Waals surface area contributed by atoms with Crippen LogP contribution in [0.5, 0.6) is 0 Å². The first-order valence-corrected chi connectivity index (χ1v) is 8.11. The Hall–Kier alpha value is -1.39. The van der Waals surface area contributed by atoms with Crippen molar-refractivity contribution in [3.8, 4) is 0 Å². The highest BCUT2D eigenvalue weighted by molar-refractivity contribution is 5.95. The first-order chi connectivity index (χ1) is 10.3. The Bertz CT molecular complexity index is 503. The van der Waals surface area contributed by atoms with Gasteiger partial charge in [-0.05, 0) is 50.4 Å². The summed E-state index contributed by atoms with van der Waals surface area (Å²) in [5.74, 6) is 0.188. The Morgan fingerprint density at radius 2 is 2.00 bits per heavy atom. The van der Waals surface area contributed by atoms with Gasteiger partial charge in [0.05, 0.1) is 0 Å². The second-order valence-corrected chi connectivity index (χ2v) is 6.13. The highest BCUT2D eigenvalue weighted by Gasteiger charge is 2.31. The van der Waals surface area contributed by atoms with Crippen molar-refractivity contribution in [1.29, 1.82) is 0 Å². The molecule has 1 aromatic carbocycles. The predicted molar refractivity (Wildman–Crippen MR) is 84.3 cm³/mol. The van der Waals surface area contributed by atoms with Gasteiger partial charge in [0, 0.05) is 31.2 Å². The van der Waals surface area contributed by atoms with E-state index in [1.165, 1.54) is 19.4 Å². The lowest BCUT2D eigenvalue weighted by atomic mass is 10.0. The summed E-state index contributed by atoms with van der Waals surface area (Å²) in [6.45, 7) is 4.69. The molecule has 0 aliphatic carbocycles. The summed E-state index contributed by atoms with van der Waals surface area (Å²) >= 11 is 0. The smallest absolute Gasteiger partial charge is 0.254 e. The lowest BCUT2D eigenvalue weighted by molar-refractivity contribution is 0.0742. The molecule has 2 saturated heterocycles. The summed E-state index contributed by atoms with van der Waals surface area (Å²) in [5, 5.41) is 0. The molecule has 0 spiro atoms. The fourth-order valence-electron chi connectivity index (χ4n) is 3.66. The van der Waals surface area contributed by atoms with Crippen molar-refractivity contribution in [2.45, 2.75) is 31.7 Å². The van der Waals surface area contributed by atoms with Gasteiger partial charge in [-0.1, -0.05) is 18.2 Å². The number of carbonyl (C=O) groups excluding carboxylic acids is 1. The molecule has 4 nitrogen and oxygen atoms in total. The molecule has 3 rings (SSSR count). The molecule has 0 aromatic heterocycles. The average molecular weight is 287 g/mol. The number of amides is 1. The van der Waals surface area contributed by atoms with Crippen molar-refractivity contribution in [3.05, 3.63) is 35.4 Å². The summed E-state index contributed by atoms with van der Waals surface area (Å²) in [6, 6.07) is 8.48. The number of rotatable bonds is 3. The number of hydrogen-bond donors (Lipinski definition) is 1. The number of fused-ring (bicyclic) bond motifs is 1. The van der Waals surface area contributed by atoms with Gasteiger partial charge >= 0.3 is 0 Å². The minimum absolute atomic E-state index is 0.188. The molecular weight excluding hydrogens is 262 g/mol. The van der Waals surface area contributed by atoms with E-state index >= 15 is 0 Å². The topological polar surface area (TPSA) is 49.6 Å². The standard InChI is InChI=1S/C17H25N3O/c18-9-8-14-5-1-2-7-16(14)17(21)20-12-4-11-19-10-3-6-15(19)13-20/h1-2,5,7,15H,3-4,6,8-13,18H2. The van der Waals surface area contributed by atoms with Gasteiger partial charge in [-0.3, -0.25) is 9.69 Å². The van der Waals surface area contributed by atoms with E-state index in [2.05, 4.69) is 9.80 Å². The highest BCUT2D eigenvalue weighted by Crippen LogP contribution is 2.23. The van der Waals surface area contributed by atoms with Crippen LogP contribution in [0.25, 0.3) is 0 Å². The molecular formula is C17H25N3O. The maximum absolute atomic E-state index is 12.9. The van der Waals surface area contributed by atoms with E-state index in [1.54, 1.807) is 0 Å². The van der Waals surface area contributed by atoms with Gasteiger partial charge in [-0.15, -0.1) is 0 Å². The van der Waals surface area contributed by atoms with Gasteiger partial charge in [-0.2, -0.15) is 0 Å². The Kier molecular flexibility index (Phi) is 4.56. The zero-order chi connectivity index (χ0) is 14.7. The van der Waals surface area contributed by atoms with Gasteiger partial charge < -0.3 is 10.6 Å². The first-order valence-electron chi connectivity index (χ1n) is 8.11. The highest BCUT2D eigenvalue weighted by atomic mass is 16.2. The van der Waals surface area contributed by atoms with E-state index in [0.29, 0.717) is 12.6 Å². The fraction of sp³-hybridized carbons (Fsp3) is 0.588. The summed E-state index contributed by atoms with van der Waals surface area (Å²) in [7, 11) is 0. The molecule has 0 bridgehead atoms. The third-order valence-corrected chi connectivity index (χ3v) is 4.75. The van der Waals surface area contributed by atoms with Crippen LogP contribution in [0, 0.1) is 0 Å². The molecule has 1 amide bonds. The number of carbonyl (C=O) groups is 1. The Morgan fingerprint density at radius 3 is 2.86 bits per heavy atom. The molecule has 0 radical (unpaired) electrons. The van der Waals surface area contributed by atoms with Gasteiger partial charge in [0.2, 0.25) is 0 Å². The summed E-state index contributed by atoms with van der Waals surface area (Å²) in [4.78, 5) is 17.5. The Labute approximate surface area is 126 Å². The summed E-state index contributed by atoms with van der Waals surface area (Å²) in [5.41, 5.74) is 7.59. The van der Waals surface area contributed by atoms with Crippen LogP contribution in [-0.4, -0.2) is 54.5 Å². The van der Waals surface area contributed by atoms with Crippen molar-refractivity contribution in [2.24, 2.45) is 5.73 Å². The molecule has 21 heavy (non-hydrogen) atoms. The number of benzene rings is 1. The Morgan fingerprint density at radius 1 is 1.19 bits per heavy atom. The molecule has 1 aromatic rings. The molecule has 2 heterocycles. The van der Waals surface area contributed by atoms with Crippen LogP contribution in [0.1, 0.15) is 35.2 Å². The van der Waals surface area contributed by atoms with E-state index < -0.39 is 0 Å². The lowest BCUT2D eigenvalue weighted by Crippen LogP contribution is -2.40. The molecule has 2 N–H and O–H groups in total. The van der Waals surface area contributed by atoms with Gasteiger partial charge in [0.1, 0.15) is 0 Å². The third-order valence-electron chi connectivity index (χ3n) is 4.75. The van der Waals surface area contributed by atoms with E-state index in [4.69, 9.17) is 5.73 Å². The van der Waals surface area contributed by atoms with E-state index in [0.717, 1.165) is 43.6 Å². The number of hydrogen-bond acceptors (Lipinski definition) is 3. The molecule has 0 saturated carbocycles. The van der Waals surface area contributed by atoms with Crippen LogP contribution in [-0.2, 0) is 6.42 Å². The normalized spacial score (nSPS) is 22.9. The maximum Gasteiger partial charge on any atom is 0.254 e. The average Bonchev–Trinajstić information content (AvgIpc) is 2.84. The maximum atomic E-state index is 12.9. The third kappa shape index (κ3) is 3.11. The van der Waals surface area contributed by atoms with Crippen LogP contribution in [0.2, 0.25) is 0 Å². The predicted octanol–water partition coefficient (Wildman–Crippen LogP) is 1.50. The second-order valence-electron chi connectivity index (χ2n) is 6.13. The quantitative estimate of drug-likeness (QED) is 0.916. The first kappa shape index (κ1) is 14.5. The molecule has 1 atom stereocenters. The molecule has 2 aliphatic heterocycles. The van der Waals surface area contributed by atoms with E-state index in [-0.39, 0.29) is 5.91 Å². The fourth-order valence-corrected chi connectivity index (χ4v) is 3.66. The van der Waals surface area contributed by atoms with Gasteiger partial charge in [-0.25, -0.2) is 0 Å². The SMILES string of the molecule is NCCc1ccccc1C(=O)N1CCCN2CCCC2C1. The van der Waals surface area contributed by atoms with Crippen molar-refractivity contribution in [3.63, 3.8) is 0 Å². The molecule has 1 unspecified atom stereocenters. The lowest BCUT2D eigenvalue weighted by Gasteiger charge is -2.26. The molecule has 2 fully saturated rings. The van der Waals surface area contributed by atoms with Crippen molar-refractivity contribution >= 4 is 5.91 Å². The minimum atomic E-state index is 0.188. The number of nitrogens with zero attached hydrogens (tertiary/aromatic N) is 2. The van der Waals surface area contributed by atoms with Crippen molar-refractivity contribution < 1.29 is 4.79 Å². The van der Waals surface area contributed by atoms with Crippen LogP contribution in [0.4, 0.5) is 0 Å². The molecule has 4 heteroatoms. The largest absolute Gasteiger partial charge is 0.337 e. The van der Waals surface area contributed by atoms with E-state index in [9.17, 15) is 4.79 Å². The number of nitrogens with two attached hydrogens (primary N) is 1. The zero-order valence-corrected chi connectivity index (χ0v) is 12.6. The summed E-state index contributed by atoms with van der Waals surface area (Å²) in [6.07, 6.45) is 4.36. The van der Waals surface area contributed by atoms with Crippen molar-refractivity contribution in [1.82, 2.24) is 9.80 Å². The Balaban J connectivity index is 1.78. The zero-order valence-electron chi connectivity index (χ0n) is 12.6. The minimum Gasteiger partial charge on any atom is -0.337 e. The van der Waals surface area contributed by atoms with E-state index in [1.807, 2.05) is 24.3 Å². The van der Waals surface area contributed by atoms with Crippen molar-refractivity contribution in [2.75, 3.05) is 32.7 Å². The second kappa shape index (κ2) is 6.58. The monoisotopic (exact) mass is 287 g/mol. The van der Waals surface area contributed by atoms with Crippen LogP contribution < -0.4 is 5.73 Å². The van der Waals surface area contributed by atoms with Crippen LogP contribution >= 0.6 is 0 Å². The molecule has 114 valence electrons. The van der Waals surface area contributed by atoms with Crippen LogP contribution in [0.15, 0.2) is 24.3 Å².